The van der Waals surface area contributed by atoms with Gasteiger partial charge in [-0.05, 0) is 45.7 Å². The molecule has 1 aliphatic rings. The molecular weight excluding hydrogens is 262 g/mol. The summed E-state index contributed by atoms with van der Waals surface area (Å²) in [5, 5.41) is 6.41. The summed E-state index contributed by atoms with van der Waals surface area (Å²) < 4.78 is 0. The zero-order chi connectivity index (χ0) is 15.7. The minimum atomic E-state index is 0.190. The number of piperidine rings is 1. The van der Waals surface area contributed by atoms with E-state index in [1.54, 1.807) is 0 Å². The van der Waals surface area contributed by atoms with Crippen molar-refractivity contribution in [1.29, 1.82) is 0 Å². The maximum atomic E-state index is 12.2. The van der Waals surface area contributed by atoms with Gasteiger partial charge < -0.3 is 10.6 Å². The lowest BCUT2D eigenvalue weighted by molar-refractivity contribution is -0.123. The van der Waals surface area contributed by atoms with Crippen LogP contribution in [0.5, 0.6) is 0 Å². The highest BCUT2D eigenvalue weighted by Crippen LogP contribution is 2.16. The van der Waals surface area contributed by atoms with Crippen molar-refractivity contribution in [2.45, 2.75) is 71.4 Å². The number of rotatable bonds is 9. The number of likely N-dealkylation sites (tertiary alicyclic amines) is 1. The Morgan fingerprint density at radius 2 is 2.00 bits per heavy atom. The molecule has 1 fully saturated rings. The minimum Gasteiger partial charge on any atom is -0.353 e. The van der Waals surface area contributed by atoms with E-state index in [1.165, 1.54) is 32.1 Å². The van der Waals surface area contributed by atoms with Crippen molar-refractivity contribution in [3.8, 4) is 0 Å². The molecule has 21 heavy (non-hydrogen) atoms. The normalized spacial score (nSPS) is 21.5. The molecule has 1 aliphatic heterocycles. The molecule has 1 amide bonds. The topological polar surface area (TPSA) is 44.4 Å². The number of hydrogen-bond acceptors (Lipinski definition) is 3. The van der Waals surface area contributed by atoms with E-state index in [2.05, 4.69) is 36.3 Å². The summed E-state index contributed by atoms with van der Waals surface area (Å²) in [5.41, 5.74) is 0. The molecule has 124 valence electrons. The molecule has 0 aromatic rings. The molecule has 4 heteroatoms. The predicted molar refractivity (Wildman–Crippen MR) is 89.4 cm³/mol. The molecule has 0 spiro atoms. The monoisotopic (exact) mass is 297 g/mol. The van der Waals surface area contributed by atoms with Gasteiger partial charge in [-0.3, -0.25) is 9.69 Å². The van der Waals surface area contributed by atoms with E-state index in [0.717, 1.165) is 25.4 Å². The van der Waals surface area contributed by atoms with Crippen LogP contribution in [0.2, 0.25) is 0 Å². The van der Waals surface area contributed by atoms with Crippen molar-refractivity contribution < 1.29 is 4.79 Å². The van der Waals surface area contributed by atoms with Crippen LogP contribution in [-0.4, -0.2) is 49.6 Å². The van der Waals surface area contributed by atoms with Gasteiger partial charge in [0.15, 0.2) is 0 Å². The summed E-state index contributed by atoms with van der Waals surface area (Å²) >= 11 is 0. The van der Waals surface area contributed by atoms with Crippen molar-refractivity contribution >= 4 is 5.91 Å². The van der Waals surface area contributed by atoms with Crippen LogP contribution >= 0.6 is 0 Å². The van der Waals surface area contributed by atoms with Gasteiger partial charge in [0.1, 0.15) is 0 Å². The fourth-order valence-corrected chi connectivity index (χ4v) is 3.14. The quantitative estimate of drug-likeness (QED) is 0.687. The van der Waals surface area contributed by atoms with Crippen LogP contribution in [-0.2, 0) is 4.79 Å². The average molecular weight is 297 g/mol. The molecule has 1 heterocycles. The first-order valence-electron chi connectivity index (χ1n) is 8.71. The van der Waals surface area contributed by atoms with Crippen LogP contribution in [0.15, 0.2) is 0 Å². The Kier molecular flexibility index (Phi) is 8.93. The SMILES string of the molecule is CNCC1CCCCN1CC(=O)NC(C)CCCC(C)C. The lowest BCUT2D eigenvalue weighted by Gasteiger charge is -2.35. The molecule has 2 atom stereocenters. The molecule has 0 aromatic heterocycles. The first-order valence-corrected chi connectivity index (χ1v) is 8.71. The van der Waals surface area contributed by atoms with Crippen LogP contribution in [0.3, 0.4) is 0 Å². The van der Waals surface area contributed by atoms with Crippen molar-refractivity contribution in [2.24, 2.45) is 5.92 Å². The summed E-state index contributed by atoms with van der Waals surface area (Å²) in [6, 6.07) is 0.814. The van der Waals surface area contributed by atoms with Gasteiger partial charge in [-0.25, -0.2) is 0 Å². The molecule has 1 rings (SSSR count). The lowest BCUT2D eigenvalue weighted by Crippen LogP contribution is -2.50. The van der Waals surface area contributed by atoms with E-state index < -0.39 is 0 Å². The summed E-state index contributed by atoms with van der Waals surface area (Å²) in [7, 11) is 1.99. The van der Waals surface area contributed by atoms with Gasteiger partial charge in [-0.1, -0.05) is 33.1 Å². The Morgan fingerprint density at radius 3 is 2.67 bits per heavy atom. The Bertz CT molecular complexity index is 292. The van der Waals surface area contributed by atoms with Gasteiger partial charge in [-0.15, -0.1) is 0 Å². The van der Waals surface area contributed by atoms with E-state index in [1.807, 2.05) is 7.05 Å². The second kappa shape index (κ2) is 10.2. The molecule has 0 aromatic carbocycles. The number of nitrogens with one attached hydrogen (secondary N) is 2. The number of nitrogens with zero attached hydrogens (tertiary/aromatic N) is 1. The Morgan fingerprint density at radius 1 is 1.24 bits per heavy atom. The summed E-state index contributed by atoms with van der Waals surface area (Å²) in [4.78, 5) is 14.5. The minimum absolute atomic E-state index is 0.190. The third-order valence-corrected chi connectivity index (χ3v) is 4.36. The fraction of sp³-hybridized carbons (Fsp3) is 0.941. The summed E-state index contributed by atoms with van der Waals surface area (Å²) in [5.74, 6) is 0.943. The zero-order valence-corrected chi connectivity index (χ0v) is 14.5. The summed E-state index contributed by atoms with van der Waals surface area (Å²) in [6.45, 7) is 9.22. The maximum absolute atomic E-state index is 12.2. The van der Waals surface area contributed by atoms with Gasteiger partial charge in [0.25, 0.3) is 0 Å². The second-order valence-corrected chi connectivity index (χ2v) is 6.97. The van der Waals surface area contributed by atoms with E-state index in [9.17, 15) is 4.79 Å². The number of carbonyl (C=O) groups excluding carboxylic acids is 1. The Labute approximate surface area is 131 Å². The molecule has 1 saturated heterocycles. The third kappa shape index (κ3) is 7.82. The fourth-order valence-electron chi connectivity index (χ4n) is 3.14. The van der Waals surface area contributed by atoms with E-state index in [0.29, 0.717) is 18.6 Å². The molecule has 0 bridgehead atoms. The number of carbonyl (C=O) groups is 1. The lowest BCUT2D eigenvalue weighted by atomic mass is 10.0. The van der Waals surface area contributed by atoms with Crippen LogP contribution in [0, 0.1) is 5.92 Å². The highest BCUT2D eigenvalue weighted by molar-refractivity contribution is 5.78. The highest BCUT2D eigenvalue weighted by atomic mass is 16.2. The molecular formula is C17H35N3O. The van der Waals surface area contributed by atoms with Gasteiger partial charge in [0.05, 0.1) is 6.54 Å². The van der Waals surface area contributed by atoms with Gasteiger partial charge in [0.2, 0.25) is 5.91 Å². The van der Waals surface area contributed by atoms with Gasteiger partial charge >= 0.3 is 0 Å². The Hall–Kier alpha value is -0.610. The van der Waals surface area contributed by atoms with E-state index in [4.69, 9.17) is 0 Å². The standard InChI is InChI=1S/C17H35N3O/c1-14(2)8-7-9-15(3)19-17(21)13-20-11-6-5-10-16(20)12-18-4/h14-16,18H,5-13H2,1-4H3,(H,19,21). The maximum Gasteiger partial charge on any atom is 0.234 e. The van der Waals surface area contributed by atoms with Gasteiger partial charge in [-0.2, -0.15) is 0 Å². The highest BCUT2D eigenvalue weighted by Gasteiger charge is 2.23. The van der Waals surface area contributed by atoms with E-state index in [-0.39, 0.29) is 5.91 Å². The van der Waals surface area contributed by atoms with Crippen molar-refractivity contribution in [3.63, 3.8) is 0 Å². The molecule has 0 aliphatic carbocycles. The molecule has 2 unspecified atom stereocenters. The van der Waals surface area contributed by atoms with Crippen molar-refractivity contribution in [3.05, 3.63) is 0 Å². The molecule has 0 radical (unpaired) electrons. The number of hydrogen-bond donors (Lipinski definition) is 2. The predicted octanol–water partition coefficient (Wildman–Crippen LogP) is 2.39. The van der Waals surface area contributed by atoms with E-state index >= 15 is 0 Å². The number of amides is 1. The largest absolute Gasteiger partial charge is 0.353 e. The zero-order valence-electron chi connectivity index (χ0n) is 14.5. The average Bonchev–Trinajstić information content (AvgIpc) is 2.40. The van der Waals surface area contributed by atoms with Crippen molar-refractivity contribution in [1.82, 2.24) is 15.5 Å². The first-order chi connectivity index (χ1) is 10.0. The van der Waals surface area contributed by atoms with Crippen LogP contribution in [0.25, 0.3) is 0 Å². The third-order valence-electron chi connectivity index (χ3n) is 4.36. The molecule has 0 saturated carbocycles. The molecule has 4 nitrogen and oxygen atoms in total. The first kappa shape index (κ1) is 18.4. The number of likely N-dealkylation sites (N-methyl/N-ethyl adjacent to an activating group) is 1. The molecule has 2 N–H and O–H groups in total. The second-order valence-electron chi connectivity index (χ2n) is 6.97. The van der Waals surface area contributed by atoms with Crippen LogP contribution in [0.1, 0.15) is 59.3 Å². The van der Waals surface area contributed by atoms with Crippen LogP contribution in [0.4, 0.5) is 0 Å². The van der Waals surface area contributed by atoms with Crippen molar-refractivity contribution in [2.75, 3.05) is 26.7 Å². The Balaban J connectivity index is 2.27. The van der Waals surface area contributed by atoms with Crippen LogP contribution < -0.4 is 10.6 Å². The smallest absolute Gasteiger partial charge is 0.234 e. The summed E-state index contributed by atoms with van der Waals surface area (Å²) in [6.07, 6.45) is 7.25. The van der Waals surface area contributed by atoms with Gasteiger partial charge in [0, 0.05) is 18.6 Å².